The number of hydrogen-bond acceptors (Lipinski definition) is 6. The Hall–Kier alpha value is -0.950. The summed E-state index contributed by atoms with van der Waals surface area (Å²) in [5.74, 6) is 1.98. The third kappa shape index (κ3) is 3.78. The average Bonchev–Trinajstić information content (AvgIpc) is 2.87. The predicted molar refractivity (Wildman–Crippen MR) is 67.0 cm³/mol. The largest absolute Gasteiger partial charge is 0.339 e. The van der Waals surface area contributed by atoms with Gasteiger partial charge in [0.1, 0.15) is 0 Å². The SMILES string of the molecule is CNCCCc1nc(CC2CCS(=O)(=O)C2)no1. The Morgan fingerprint density at radius 3 is 3.00 bits per heavy atom. The highest BCUT2D eigenvalue weighted by Gasteiger charge is 2.29. The quantitative estimate of drug-likeness (QED) is 0.745. The third-order valence-electron chi connectivity index (χ3n) is 3.13. The molecule has 1 aliphatic heterocycles. The van der Waals surface area contributed by atoms with E-state index in [-0.39, 0.29) is 11.7 Å². The molecule has 0 saturated carbocycles. The van der Waals surface area contributed by atoms with Crippen LogP contribution in [-0.2, 0) is 22.7 Å². The molecule has 2 rings (SSSR count). The first-order chi connectivity index (χ1) is 8.59. The van der Waals surface area contributed by atoms with Gasteiger partial charge in [-0.3, -0.25) is 0 Å². The van der Waals surface area contributed by atoms with Crippen molar-refractivity contribution in [3.63, 3.8) is 0 Å². The maximum atomic E-state index is 11.3. The zero-order valence-corrected chi connectivity index (χ0v) is 11.4. The summed E-state index contributed by atoms with van der Waals surface area (Å²) < 4.78 is 27.8. The van der Waals surface area contributed by atoms with Gasteiger partial charge < -0.3 is 9.84 Å². The van der Waals surface area contributed by atoms with E-state index >= 15 is 0 Å². The molecule has 0 bridgehead atoms. The van der Waals surface area contributed by atoms with Crippen LogP contribution >= 0.6 is 0 Å². The van der Waals surface area contributed by atoms with Crippen LogP contribution in [0.15, 0.2) is 4.52 Å². The molecule has 0 aliphatic carbocycles. The second-order valence-electron chi connectivity index (χ2n) is 4.78. The molecule has 1 aromatic heterocycles. The Morgan fingerprint density at radius 1 is 1.50 bits per heavy atom. The minimum absolute atomic E-state index is 0.151. The van der Waals surface area contributed by atoms with E-state index in [1.165, 1.54) is 0 Å². The second kappa shape index (κ2) is 5.79. The number of aromatic nitrogens is 2. The van der Waals surface area contributed by atoms with Gasteiger partial charge in [-0.2, -0.15) is 4.98 Å². The fourth-order valence-corrected chi connectivity index (χ4v) is 4.04. The smallest absolute Gasteiger partial charge is 0.226 e. The molecule has 102 valence electrons. The van der Waals surface area contributed by atoms with Crippen molar-refractivity contribution in [3.05, 3.63) is 11.7 Å². The number of rotatable bonds is 6. The van der Waals surface area contributed by atoms with Gasteiger partial charge in [-0.15, -0.1) is 0 Å². The molecular formula is C11H19N3O3S. The van der Waals surface area contributed by atoms with Gasteiger partial charge in [-0.05, 0) is 32.4 Å². The summed E-state index contributed by atoms with van der Waals surface area (Å²) in [6.07, 6.45) is 3.04. The molecule has 2 heterocycles. The van der Waals surface area contributed by atoms with Crippen LogP contribution in [-0.4, -0.2) is 43.7 Å². The number of sulfone groups is 1. The Kier molecular flexibility index (Phi) is 4.34. The third-order valence-corrected chi connectivity index (χ3v) is 4.96. The monoisotopic (exact) mass is 273 g/mol. The molecular weight excluding hydrogens is 254 g/mol. The zero-order chi connectivity index (χ0) is 13.0. The maximum absolute atomic E-state index is 11.3. The summed E-state index contributed by atoms with van der Waals surface area (Å²) in [5.41, 5.74) is 0. The molecule has 0 amide bonds. The van der Waals surface area contributed by atoms with Gasteiger partial charge in [0.05, 0.1) is 11.5 Å². The normalized spacial score (nSPS) is 22.4. The topological polar surface area (TPSA) is 85.1 Å². The summed E-state index contributed by atoms with van der Waals surface area (Å²) in [6, 6.07) is 0. The lowest BCUT2D eigenvalue weighted by molar-refractivity contribution is 0.367. The molecule has 18 heavy (non-hydrogen) atoms. The van der Waals surface area contributed by atoms with Crippen LogP contribution in [0.3, 0.4) is 0 Å². The fraction of sp³-hybridized carbons (Fsp3) is 0.818. The van der Waals surface area contributed by atoms with Gasteiger partial charge in [-0.1, -0.05) is 5.16 Å². The van der Waals surface area contributed by atoms with Crippen LogP contribution in [0.25, 0.3) is 0 Å². The summed E-state index contributed by atoms with van der Waals surface area (Å²) in [7, 11) is -0.918. The minimum Gasteiger partial charge on any atom is -0.339 e. The van der Waals surface area contributed by atoms with Crippen molar-refractivity contribution in [1.29, 1.82) is 0 Å². The van der Waals surface area contributed by atoms with Crippen LogP contribution in [0.5, 0.6) is 0 Å². The summed E-state index contributed by atoms with van der Waals surface area (Å²) >= 11 is 0. The van der Waals surface area contributed by atoms with Crippen molar-refractivity contribution in [2.24, 2.45) is 5.92 Å². The highest BCUT2D eigenvalue weighted by molar-refractivity contribution is 7.91. The number of nitrogens with one attached hydrogen (secondary N) is 1. The molecule has 1 atom stereocenters. The fourth-order valence-electron chi connectivity index (χ4n) is 2.18. The molecule has 0 radical (unpaired) electrons. The minimum atomic E-state index is -2.82. The standard InChI is InChI=1S/C11H19N3O3S/c1-12-5-2-3-11-13-10(14-17-11)7-9-4-6-18(15,16)8-9/h9,12H,2-8H2,1H3. The molecule has 1 aromatic rings. The van der Waals surface area contributed by atoms with E-state index in [0.717, 1.165) is 19.4 Å². The molecule has 7 heteroatoms. The van der Waals surface area contributed by atoms with E-state index in [9.17, 15) is 8.42 Å². The number of aryl methyl sites for hydroxylation is 1. The Bertz CT molecular complexity index is 483. The van der Waals surface area contributed by atoms with Crippen molar-refractivity contribution < 1.29 is 12.9 Å². The van der Waals surface area contributed by atoms with E-state index in [2.05, 4.69) is 15.5 Å². The first kappa shape index (κ1) is 13.5. The average molecular weight is 273 g/mol. The highest BCUT2D eigenvalue weighted by atomic mass is 32.2. The summed E-state index contributed by atoms with van der Waals surface area (Å²) in [5, 5.41) is 6.96. The van der Waals surface area contributed by atoms with Gasteiger partial charge in [-0.25, -0.2) is 8.42 Å². The van der Waals surface area contributed by atoms with Gasteiger partial charge >= 0.3 is 0 Å². The van der Waals surface area contributed by atoms with Gasteiger partial charge in [0.25, 0.3) is 0 Å². The van der Waals surface area contributed by atoms with E-state index in [1.807, 2.05) is 7.05 Å². The van der Waals surface area contributed by atoms with E-state index < -0.39 is 9.84 Å². The van der Waals surface area contributed by atoms with Crippen LogP contribution < -0.4 is 5.32 Å². The summed E-state index contributed by atoms with van der Waals surface area (Å²) in [4.78, 5) is 4.29. The first-order valence-corrected chi connectivity index (χ1v) is 8.07. The molecule has 1 saturated heterocycles. The van der Waals surface area contributed by atoms with Crippen LogP contribution in [0, 0.1) is 5.92 Å². The summed E-state index contributed by atoms with van der Waals surface area (Å²) in [6.45, 7) is 0.915. The maximum Gasteiger partial charge on any atom is 0.226 e. The molecule has 1 N–H and O–H groups in total. The van der Waals surface area contributed by atoms with Crippen molar-refractivity contribution in [1.82, 2.24) is 15.5 Å². The van der Waals surface area contributed by atoms with Gasteiger partial charge in [0.2, 0.25) is 5.89 Å². The van der Waals surface area contributed by atoms with Gasteiger partial charge in [0, 0.05) is 12.8 Å². The van der Waals surface area contributed by atoms with Crippen molar-refractivity contribution in [2.45, 2.75) is 25.7 Å². The first-order valence-electron chi connectivity index (χ1n) is 6.25. The molecule has 6 nitrogen and oxygen atoms in total. The van der Waals surface area contributed by atoms with Crippen molar-refractivity contribution in [3.8, 4) is 0 Å². The predicted octanol–water partition coefficient (Wildman–Crippen LogP) is 0.199. The molecule has 1 aliphatic rings. The van der Waals surface area contributed by atoms with Gasteiger partial charge in [0.15, 0.2) is 15.7 Å². The molecule has 0 aromatic carbocycles. The van der Waals surface area contributed by atoms with E-state index in [0.29, 0.717) is 30.3 Å². The van der Waals surface area contributed by atoms with Crippen molar-refractivity contribution in [2.75, 3.05) is 25.1 Å². The molecule has 1 fully saturated rings. The lowest BCUT2D eigenvalue weighted by atomic mass is 10.1. The van der Waals surface area contributed by atoms with Crippen LogP contribution in [0.4, 0.5) is 0 Å². The Labute approximate surface area is 107 Å². The zero-order valence-electron chi connectivity index (χ0n) is 10.6. The Morgan fingerprint density at radius 2 is 2.33 bits per heavy atom. The number of hydrogen-bond donors (Lipinski definition) is 1. The lowest BCUT2D eigenvalue weighted by Crippen LogP contribution is -2.09. The lowest BCUT2D eigenvalue weighted by Gasteiger charge is -2.01. The van der Waals surface area contributed by atoms with E-state index in [1.54, 1.807) is 0 Å². The second-order valence-corrected chi connectivity index (χ2v) is 7.01. The van der Waals surface area contributed by atoms with E-state index in [4.69, 9.17) is 4.52 Å². The molecule has 0 spiro atoms. The van der Waals surface area contributed by atoms with Crippen LogP contribution in [0.2, 0.25) is 0 Å². The number of nitrogens with zero attached hydrogens (tertiary/aromatic N) is 2. The van der Waals surface area contributed by atoms with Crippen LogP contribution in [0.1, 0.15) is 24.6 Å². The Balaban J connectivity index is 1.83. The van der Waals surface area contributed by atoms with Crippen molar-refractivity contribution >= 4 is 9.84 Å². The molecule has 1 unspecified atom stereocenters. The highest BCUT2D eigenvalue weighted by Crippen LogP contribution is 2.21.